The van der Waals surface area contributed by atoms with Crippen LogP contribution in [-0.2, 0) is 47.5 Å². The third kappa shape index (κ3) is 9.35. The van der Waals surface area contributed by atoms with E-state index in [1.54, 1.807) is 13.8 Å². The van der Waals surface area contributed by atoms with Gasteiger partial charge in [0.25, 0.3) is 17.8 Å². The Hall–Kier alpha value is -3.60. The van der Waals surface area contributed by atoms with Gasteiger partial charge in [-0.3, -0.25) is 9.59 Å². The summed E-state index contributed by atoms with van der Waals surface area (Å²) in [5.74, 6) is -19.2. The van der Waals surface area contributed by atoms with E-state index in [1.165, 1.54) is 0 Å². The van der Waals surface area contributed by atoms with Gasteiger partial charge in [0.2, 0.25) is 0 Å². The van der Waals surface area contributed by atoms with Gasteiger partial charge in [-0.25, -0.2) is 0 Å². The van der Waals surface area contributed by atoms with E-state index < -0.39 is 97.0 Å². The Morgan fingerprint density at radius 3 is 1.34 bits per heavy atom. The molecule has 6 aliphatic rings. The maximum Gasteiger partial charge on any atom is 0.346 e. The molecule has 10 nitrogen and oxygen atoms in total. The minimum Gasteiger partial charge on any atom is -0.461 e. The average Bonchev–Trinajstić information content (AvgIpc) is 3.54. The zero-order valence-corrected chi connectivity index (χ0v) is 33.7. The van der Waals surface area contributed by atoms with Crippen LogP contribution >= 0.6 is 0 Å². The van der Waals surface area contributed by atoms with E-state index >= 15 is 0 Å². The molecule has 5 atom stereocenters. The van der Waals surface area contributed by atoms with Crippen LogP contribution in [0.2, 0.25) is 0 Å². The van der Waals surface area contributed by atoms with E-state index in [-0.39, 0.29) is 57.7 Å². The van der Waals surface area contributed by atoms with Crippen molar-refractivity contribution in [3.8, 4) is 0 Å². The largest absolute Gasteiger partial charge is 0.461 e. The maximum absolute atomic E-state index is 14.0. The summed E-state index contributed by atoms with van der Waals surface area (Å²) in [5, 5.41) is 0. The fourth-order valence-electron chi connectivity index (χ4n) is 8.79. The fraction of sp³-hybridized carbons (Fsp3) is 0.805. The quantitative estimate of drug-likeness (QED) is 0.164. The van der Waals surface area contributed by atoms with E-state index in [4.69, 9.17) is 37.9 Å². The van der Waals surface area contributed by atoms with E-state index in [9.17, 15) is 44.7 Å². The second-order valence-electron chi connectivity index (χ2n) is 16.9. The lowest BCUT2D eigenvalue weighted by Crippen LogP contribution is -2.45. The van der Waals surface area contributed by atoms with Crippen LogP contribution in [0.3, 0.4) is 0 Å². The highest BCUT2D eigenvalue weighted by Crippen LogP contribution is 2.48. The van der Waals surface area contributed by atoms with Crippen molar-refractivity contribution in [3.05, 3.63) is 34.6 Å². The smallest absolute Gasteiger partial charge is 0.346 e. The highest BCUT2D eigenvalue weighted by atomic mass is 19.3. The van der Waals surface area contributed by atoms with Gasteiger partial charge in [0.1, 0.15) is 13.2 Å². The second-order valence-corrected chi connectivity index (χ2v) is 16.9. The fourth-order valence-corrected chi connectivity index (χ4v) is 8.79. The molecule has 0 N–H and O–H groups in total. The second kappa shape index (κ2) is 17.4. The highest BCUT2D eigenvalue weighted by Gasteiger charge is 2.61. The van der Waals surface area contributed by atoms with Crippen molar-refractivity contribution < 1.29 is 82.6 Å². The van der Waals surface area contributed by atoms with Crippen molar-refractivity contribution in [1.29, 1.82) is 0 Å². The molecule has 0 spiro atoms. The van der Waals surface area contributed by atoms with Crippen LogP contribution in [0.4, 0.5) is 35.1 Å². The third-order valence-corrected chi connectivity index (χ3v) is 13.0. The Morgan fingerprint density at radius 2 is 0.966 bits per heavy atom. The summed E-state index contributed by atoms with van der Waals surface area (Å²) in [6.45, 7) is -1.31. The molecule has 3 aliphatic carbocycles. The number of hydrogen-bond donors (Lipinski definition) is 0. The molecule has 6 rings (SSSR count). The number of carbonyl (C=O) groups is 2. The normalized spacial score (nSPS) is 32.8. The maximum atomic E-state index is 14.0. The van der Waals surface area contributed by atoms with E-state index in [0.717, 1.165) is 37.7 Å². The molecule has 0 radical (unpaired) electrons. The topological polar surface area (TPSA) is 108 Å². The predicted molar refractivity (Wildman–Crippen MR) is 191 cm³/mol. The van der Waals surface area contributed by atoms with Crippen molar-refractivity contribution in [1.82, 2.24) is 0 Å². The lowest BCUT2D eigenvalue weighted by Gasteiger charge is -2.36. The Morgan fingerprint density at radius 1 is 0.576 bits per heavy atom. The van der Waals surface area contributed by atoms with Crippen LogP contribution in [0, 0.1) is 16.7 Å². The number of alkyl halides is 8. The Bertz CT molecular complexity index is 1520. The molecule has 5 unspecified atom stereocenters. The standard InChI is InChI=1S/C41H54F8O10/c1-4-25-10-7-11-26(16-25)33-58-29(19-52-34(50)36(5-2)14-8-12-27(17-36)31-54-21-38(42,43)39(44,45)22-55-31)30(59-33)20-53-35(51)37(6-3)15-9-13-28(18-37)32-56-23-40(46,47)41(48,49)24-57-32/h25,29-30H,4-24H2,1-3H3. The predicted octanol–water partition coefficient (Wildman–Crippen LogP) is 9.67. The number of ether oxygens (including phenoxy) is 8. The van der Waals surface area contributed by atoms with Gasteiger partial charge >= 0.3 is 35.6 Å². The number of hydrogen-bond acceptors (Lipinski definition) is 10. The molecule has 59 heavy (non-hydrogen) atoms. The summed E-state index contributed by atoms with van der Waals surface area (Å²) >= 11 is 0. The van der Waals surface area contributed by atoms with Crippen molar-refractivity contribution in [3.63, 3.8) is 0 Å². The van der Waals surface area contributed by atoms with Gasteiger partial charge in [0, 0.05) is 16.7 Å². The highest BCUT2D eigenvalue weighted by molar-refractivity contribution is 5.78. The van der Waals surface area contributed by atoms with Crippen LogP contribution < -0.4 is 0 Å². The lowest BCUT2D eigenvalue weighted by molar-refractivity contribution is -0.222. The van der Waals surface area contributed by atoms with Crippen LogP contribution in [0.1, 0.15) is 117 Å². The Labute approximate surface area is 338 Å². The van der Waals surface area contributed by atoms with Crippen molar-refractivity contribution in [2.75, 3.05) is 39.6 Å². The lowest BCUT2D eigenvalue weighted by atomic mass is 9.70. The van der Waals surface area contributed by atoms with Gasteiger partial charge in [-0.05, 0) is 95.8 Å². The van der Waals surface area contributed by atoms with Crippen molar-refractivity contribution >= 4 is 11.9 Å². The van der Waals surface area contributed by atoms with Crippen LogP contribution in [0.5, 0.6) is 0 Å². The van der Waals surface area contributed by atoms with Crippen LogP contribution in [0.25, 0.3) is 0 Å². The summed E-state index contributed by atoms with van der Waals surface area (Å²) in [6.07, 6.45) is 5.15. The Kier molecular flexibility index (Phi) is 13.3. The molecule has 334 valence electrons. The number of rotatable bonds is 9. The number of carbonyl (C=O) groups excluding carboxylic acids is 2. The van der Waals surface area contributed by atoms with E-state index in [2.05, 4.69) is 6.92 Å². The van der Waals surface area contributed by atoms with E-state index in [1.807, 2.05) is 0 Å². The summed E-state index contributed by atoms with van der Waals surface area (Å²) < 4.78 is 157. The number of allylic oxidation sites excluding steroid dienone is 3. The first-order valence-electron chi connectivity index (χ1n) is 20.7. The summed E-state index contributed by atoms with van der Waals surface area (Å²) in [4.78, 5) is 27.8. The molecule has 3 aliphatic heterocycles. The van der Waals surface area contributed by atoms with Crippen LogP contribution in [0.15, 0.2) is 34.6 Å². The molecule has 3 saturated heterocycles. The van der Waals surface area contributed by atoms with Gasteiger partial charge < -0.3 is 37.9 Å². The number of esters is 2. The molecule has 3 heterocycles. The summed E-state index contributed by atoms with van der Waals surface area (Å²) in [5.41, 5.74) is -0.703. The summed E-state index contributed by atoms with van der Waals surface area (Å²) in [6, 6.07) is 0. The Balaban J connectivity index is 1.16. The van der Waals surface area contributed by atoms with Gasteiger partial charge in [-0.1, -0.05) is 27.2 Å². The molecular formula is C41H54F8O10. The van der Waals surface area contributed by atoms with Crippen molar-refractivity contribution in [2.45, 2.75) is 153 Å². The minimum atomic E-state index is -4.44. The van der Waals surface area contributed by atoms with Gasteiger partial charge in [-0.15, -0.1) is 0 Å². The molecular weight excluding hydrogens is 804 g/mol. The van der Waals surface area contributed by atoms with Crippen LogP contribution in [-0.4, -0.2) is 87.5 Å². The molecule has 0 aromatic carbocycles. The monoisotopic (exact) mass is 858 g/mol. The molecule has 0 aromatic rings. The molecule has 6 fully saturated rings. The minimum absolute atomic E-state index is 0.0240. The zero-order valence-electron chi connectivity index (χ0n) is 33.7. The summed E-state index contributed by atoms with van der Waals surface area (Å²) in [7, 11) is 0. The number of halogens is 8. The third-order valence-electron chi connectivity index (χ3n) is 13.0. The van der Waals surface area contributed by atoms with Crippen molar-refractivity contribution in [2.24, 2.45) is 16.7 Å². The zero-order chi connectivity index (χ0) is 42.9. The van der Waals surface area contributed by atoms with E-state index in [0.29, 0.717) is 42.7 Å². The molecule has 3 saturated carbocycles. The first kappa shape index (κ1) is 44.9. The average molecular weight is 859 g/mol. The molecule has 0 bridgehead atoms. The van der Waals surface area contributed by atoms with Gasteiger partial charge in [0.15, 0.2) is 38.6 Å². The molecule has 18 heteroatoms. The molecule has 0 amide bonds. The van der Waals surface area contributed by atoms with Gasteiger partial charge in [0.05, 0.1) is 10.8 Å². The van der Waals surface area contributed by atoms with Gasteiger partial charge in [-0.2, -0.15) is 35.1 Å². The molecule has 0 aromatic heterocycles. The first-order chi connectivity index (χ1) is 27.8. The first-order valence-corrected chi connectivity index (χ1v) is 20.7. The SMILES string of the molecule is CCC1CCCC(=C2OC(COC(=O)C3(CC)CCCC(=C4OCC(F)(F)C(F)(F)CO4)C3)C(COC(=O)C3(CC)CCCC(=C4OCC(F)(F)C(F)(F)CO4)C3)O2)C1.